The molecule has 2 aromatic carbocycles. The van der Waals surface area contributed by atoms with Gasteiger partial charge in [0.1, 0.15) is 0 Å². The van der Waals surface area contributed by atoms with Crippen molar-refractivity contribution in [3.8, 4) is 0 Å². The van der Waals surface area contributed by atoms with E-state index in [1.165, 1.54) is 0 Å². The predicted molar refractivity (Wildman–Crippen MR) is 90.4 cm³/mol. The van der Waals surface area contributed by atoms with Crippen molar-refractivity contribution in [2.75, 3.05) is 7.05 Å². The van der Waals surface area contributed by atoms with Crippen molar-refractivity contribution in [3.05, 3.63) is 70.3 Å². The molecule has 0 saturated carbocycles. The summed E-state index contributed by atoms with van der Waals surface area (Å²) in [5, 5.41) is 12.5. The average molecular weight is 372 g/mol. The van der Waals surface area contributed by atoms with Gasteiger partial charge in [-0.3, -0.25) is 0 Å². The molecule has 0 radical (unpaired) electrons. The van der Waals surface area contributed by atoms with E-state index >= 15 is 0 Å². The first-order chi connectivity index (χ1) is 11.3. The first kappa shape index (κ1) is 19.3. The Morgan fingerprint density at radius 3 is 2.32 bits per heavy atom. The highest BCUT2D eigenvalue weighted by Crippen LogP contribution is 2.45. The Bertz CT molecular complexity index is 792. The largest absolute Gasteiger partial charge is 0.478 e. The van der Waals surface area contributed by atoms with E-state index in [1.807, 2.05) is 24.3 Å². The summed E-state index contributed by atoms with van der Waals surface area (Å²) >= 11 is 0. The molecule has 1 aliphatic carbocycles. The standard InChI is InChI=1S/C18H16F3NO2.ClH/c1-22-16-9-15(11-4-2-3-5-12(11)16)14-8-10(18(19,20)21)6-7-13(14)17(23)24;/h2-8,15-16,22H,9H2,1H3,(H,23,24);1H. The van der Waals surface area contributed by atoms with Gasteiger partial charge in [0.2, 0.25) is 0 Å². The van der Waals surface area contributed by atoms with Crippen LogP contribution in [0.25, 0.3) is 0 Å². The summed E-state index contributed by atoms with van der Waals surface area (Å²) in [6, 6.07) is 10.3. The summed E-state index contributed by atoms with van der Waals surface area (Å²) < 4.78 is 39.2. The van der Waals surface area contributed by atoms with Gasteiger partial charge < -0.3 is 10.4 Å². The maximum absolute atomic E-state index is 13.1. The Hall–Kier alpha value is -2.05. The van der Waals surface area contributed by atoms with E-state index in [-0.39, 0.29) is 35.5 Å². The van der Waals surface area contributed by atoms with E-state index in [0.29, 0.717) is 6.42 Å². The molecule has 2 aromatic rings. The van der Waals surface area contributed by atoms with Crippen LogP contribution in [0, 0.1) is 0 Å². The molecule has 2 atom stereocenters. The van der Waals surface area contributed by atoms with Gasteiger partial charge >= 0.3 is 12.1 Å². The topological polar surface area (TPSA) is 49.3 Å². The van der Waals surface area contributed by atoms with Gasteiger partial charge in [-0.05, 0) is 48.4 Å². The number of nitrogens with one attached hydrogen (secondary N) is 1. The van der Waals surface area contributed by atoms with Gasteiger partial charge in [-0.15, -0.1) is 12.4 Å². The maximum Gasteiger partial charge on any atom is 0.416 e. The Labute approximate surface area is 149 Å². The van der Waals surface area contributed by atoms with Crippen molar-refractivity contribution < 1.29 is 23.1 Å². The Morgan fingerprint density at radius 1 is 1.12 bits per heavy atom. The molecule has 2 N–H and O–H groups in total. The summed E-state index contributed by atoms with van der Waals surface area (Å²) in [6.45, 7) is 0. The minimum atomic E-state index is -4.51. The van der Waals surface area contributed by atoms with Gasteiger partial charge in [0.15, 0.2) is 0 Å². The monoisotopic (exact) mass is 371 g/mol. The van der Waals surface area contributed by atoms with Crippen molar-refractivity contribution in [1.29, 1.82) is 0 Å². The fourth-order valence-corrected chi connectivity index (χ4v) is 3.43. The van der Waals surface area contributed by atoms with E-state index in [4.69, 9.17) is 0 Å². The van der Waals surface area contributed by atoms with Crippen LogP contribution in [0.4, 0.5) is 13.2 Å². The van der Waals surface area contributed by atoms with Gasteiger partial charge in [-0.1, -0.05) is 24.3 Å². The highest BCUT2D eigenvalue weighted by Gasteiger charge is 2.36. The molecule has 3 nitrogen and oxygen atoms in total. The number of halogens is 4. The van der Waals surface area contributed by atoms with Crippen LogP contribution in [0.2, 0.25) is 0 Å². The minimum absolute atomic E-state index is 0. The SMILES string of the molecule is CNC1CC(c2cc(C(F)(F)F)ccc2C(=O)O)c2ccccc21.Cl. The van der Waals surface area contributed by atoms with Gasteiger partial charge in [0.05, 0.1) is 11.1 Å². The zero-order valence-electron chi connectivity index (χ0n) is 13.3. The zero-order chi connectivity index (χ0) is 17.5. The predicted octanol–water partition coefficient (Wildman–Crippen LogP) is 4.62. The lowest BCUT2D eigenvalue weighted by Crippen LogP contribution is -2.14. The van der Waals surface area contributed by atoms with E-state index in [1.54, 1.807) is 7.05 Å². The number of fused-ring (bicyclic) bond motifs is 1. The van der Waals surface area contributed by atoms with Crippen LogP contribution in [-0.2, 0) is 6.18 Å². The second-order valence-electron chi connectivity index (χ2n) is 5.86. The van der Waals surface area contributed by atoms with Gasteiger partial charge in [0, 0.05) is 12.0 Å². The van der Waals surface area contributed by atoms with Crippen molar-refractivity contribution in [1.82, 2.24) is 5.32 Å². The molecule has 0 aromatic heterocycles. The molecule has 25 heavy (non-hydrogen) atoms. The molecule has 1 aliphatic rings. The van der Waals surface area contributed by atoms with Crippen molar-refractivity contribution >= 4 is 18.4 Å². The van der Waals surface area contributed by atoms with Crippen molar-refractivity contribution in [2.24, 2.45) is 0 Å². The summed E-state index contributed by atoms with van der Waals surface area (Å²) in [6.07, 6.45) is -3.98. The highest BCUT2D eigenvalue weighted by atomic mass is 35.5. The maximum atomic E-state index is 13.1. The fourth-order valence-electron chi connectivity index (χ4n) is 3.43. The molecule has 134 valence electrons. The Kier molecular flexibility index (Phi) is 5.44. The van der Waals surface area contributed by atoms with E-state index in [9.17, 15) is 23.1 Å². The number of rotatable bonds is 3. The fraction of sp³-hybridized carbons (Fsp3) is 0.278. The molecular weight excluding hydrogens is 355 g/mol. The third-order valence-electron chi connectivity index (χ3n) is 4.55. The van der Waals surface area contributed by atoms with Crippen molar-refractivity contribution in [3.63, 3.8) is 0 Å². The molecule has 0 spiro atoms. The van der Waals surface area contributed by atoms with E-state index < -0.39 is 17.7 Å². The molecule has 0 aliphatic heterocycles. The first-order valence-electron chi connectivity index (χ1n) is 7.53. The smallest absolute Gasteiger partial charge is 0.416 e. The number of aromatic carboxylic acids is 1. The zero-order valence-corrected chi connectivity index (χ0v) is 14.1. The lowest BCUT2D eigenvalue weighted by atomic mass is 9.88. The summed E-state index contributed by atoms with van der Waals surface area (Å²) in [4.78, 5) is 11.5. The quantitative estimate of drug-likeness (QED) is 0.827. The molecule has 0 saturated heterocycles. The number of hydrogen-bond donors (Lipinski definition) is 2. The number of alkyl halides is 3. The summed E-state index contributed by atoms with van der Waals surface area (Å²) in [5.74, 6) is -1.60. The number of carboxylic acids is 1. The van der Waals surface area contributed by atoms with Crippen LogP contribution in [0.5, 0.6) is 0 Å². The molecule has 0 fully saturated rings. The number of hydrogen-bond acceptors (Lipinski definition) is 2. The molecular formula is C18H17ClF3NO2. The molecule has 0 amide bonds. The van der Waals surface area contributed by atoms with Crippen LogP contribution in [0.15, 0.2) is 42.5 Å². The highest BCUT2D eigenvalue weighted by molar-refractivity contribution is 5.90. The Balaban J connectivity index is 0.00000225. The van der Waals surface area contributed by atoms with Gasteiger partial charge in [0.25, 0.3) is 0 Å². The number of benzene rings is 2. The van der Waals surface area contributed by atoms with Crippen LogP contribution in [-0.4, -0.2) is 18.1 Å². The number of carbonyl (C=O) groups is 1. The van der Waals surface area contributed by atoms with Crippen LogP contribution in [0.1, 0.15) is 51.0 Å². The van der Waals surface area contributed by atoms with Gasteiger partial charge in [-0.25, -0.2) is 4.79 Å². The van der Waals surface area contributed by atoms with Gasteiger partial charge in [-0.2, -0.15) is 13.2 Å². The van der Waals surface area contributed by atoms with E-state index in [0.717, 1.165) is 29.3 Å². The van der Waals surface area contributed by atoms with E-state index in [2.05, 4.69) is 5.32 Å². The average Bonchev–Trinajstić information content (AvgIpc) is 2.92. The first-order valence-corrected chi connectivity index (χ1v) is 7.53. The molecule has 0 heterocycles. The second kappa shape index (κ2) is 7.06. The normalized spacial score (nSPS) is 19.2. The van der Waals surface area contributed by atoms with Crippen LogP contribution >= 0.6 is 12.4 Å². The number of carboxylic acid groups (broad SMARTS) is 1. The van der Waals surface area contributed by atoms with Crippen LogP contribution in [0.3, 0.4) is 0 Å². The lowest BCUT2D eigenvalue weighted by Gasteiger charge is -2.18. The third kappa shape index (κ3) is 3.50. The minimum Gasteiger partial charge on any atom is -0.478 e. The summed E-state index contributed by atoms with van der Waals surface area (Å²) in [7, 11) is 1.79. The molecule has 3 rings (SSSR count). The second-order valence-corrected chi connectivity index (χ2v) is 5.86. The molecule has 0 bridgehead atoms. The summed E-state index contributed by atoms with van der Waals surface area (Å²) in [5.41, 5.74) is 1.17. The van der Waals surface area contributed by atoms with Crippen LogP contribution < -0.4 is 5.32 Å². The Morgan fingerprint density at radius 2 is 1.76 bits per heavy atom. The third-order valence-corrected chi connectivity index (χ3v) is 4.55. The van der Waals surface area contributed by atoms with Crippen molar-refractivity contribution in [2.45, 2.75) is 24.6 Å². The molecule has 7 heteroatoms. The molecule has 2 unspecified atom stereocenters. The lowest BCUT2D eigenvalue weighted by molar-refractivity contribution is -0.137.